The summed E-state index contributed by atoms with van der Waals surface area (Å²) in [5.74, 6) is 1.20. The molecule has 0 atom stereocenters. The van der Waals surface area contributed by atoms with Gasteiger partial charge in [0.05, 0.1) is 19.9 Å². The second-order valence-electron chi connectivity index (χ2n) is 7.05. The molecule has 2 N–H and O–H groups in total. The first-order valence-corrected chi connectivity index (χ1v) is 10.6. The van der Waals surface area contributed by atoms with E-state index in [1.165, 1.54) is 22.5 Å². The largest absolute Gasteiger partial charge is 0.497 e. The Morgan fingerprint density at radius 3 is 2.57 bits per heavy atom. The number of methoxy groups -OCH3 is 2. The molecule has 1 aliphatic rings. The van der Waals surface area contributed by atoms with Crippen LogP contribution in [0.25, 0.3) is 0 Å². The fourth-order valence-electron chi connectivity index (χ4n) is 3.49. The Bertz CT molecular complexity index is 1010. The average molecular weight is 425 g/mol. The van der Waals surface area contributed by atoms with Gasteiger partial charge < -0.3 is 14.8 Å². The number of carbonyl (C=O) groups is 1. The van der Waals surface area contributed by atoms with Crippen molar-refractivity contribution < 1.29 is 14.3 Å². The minimum absolute atomic E-state index is 0.363. The number of hydrogen-bond donors (Lipinski definition) is 2. The minimum atomic E-state index is -0.363. The summed E-state index contributed by atoms with van der Waals surface area (Å²) in [5, 5.41) is 8.14. The molecule has 1 aromatic heterocycles. The molecule has 0 saturated heterocycles. The average Bonchev–Trinajstić information content (AvgIpc) is 3.19. The third-order valence-electron chi connectivity index (χ3n) is 4.98. The van der Waals surface area contributed by atoms with Crippen molar-refractivity contribution in [2.45, 2.75) is 19.5 Å². The van der Waals surface area contributed by atoms with Crippen LogP contribution in [0.2, 0.25) is 0 Å². The van der Waals surface area contributed by atoms with Gasteiger partial charge in [0.25, 0.3) is 0 Å². The molecule has 0 unspecified atom stereocenters. The second kappa shape index (κ2) is 9.15. The predicted molar refractivity (Wildman–Crippen MR) is 119 cm³/mol. The van der Waals surface area contributed by atoms with Crippen LogP contribution >= 0.6 is 11.3 Å². The van der Waals surface area contributed by atoms with Crippen LogP contribution in [0, 0.1) is 0 Å². The quantitative estimate of drug-likeness (QED) is 0.615. The normalized spacial score (nSPS) is 13.4. The summed E-state index contributed by atoms with van der Waals surface area (Å²) in [6.07, 6.45) is 1.05. The predicted octanol–water partition coefficient (Wildman–Crippen LogP) is 4.36. The zero-order valence-electron chi connectivity index (χ0n) is 17.0. The first-order valence-electron chi connectivity index (χ1n) is 9.67. The highest BCUT2D eigenvalue weighted by molar-refractivity contribution is 7.13. The monoisotopic (exact) mass is 424 g/mol. The lowest BCUT2D eigenvalue weighted by Gasteiger charge is -2.27. The smallest absolute Gasteiger partial charge is 0.325 e. The lowest BCUT2D eigenvalue weighted by Crippen LogP contribution is -2.30. The van der Waals surface area contributed by atoms with E-state index in [1.54, 1.807) is 32.4 Å². The Morgan fingerprint density at radius 2 is 1.83 bits per heavy atom. The standard InChI is InChI=1S/C22H24N4O3S/c1-28-19-9-17(10-20(11-19)29-2)23-21(27)25-22-24-18(14-30-22)13-26-8-7-15-5-3-4-6-16(15)12-26/h3-6,9-11,14H,7-8,12-13H2,1-2H3,(H2,23,24,25,27). The fourth-order valence-corrected chi connectivity index (χ4v) is 4.19. The maximum Gasteiger partial charge on any atom is 0.325 e. The number of rotatable bonds is 6. The topological polar surface area (TPSA) is 75.7 Å². The Morgan fingerprint density at radius 1 is 1.10 bits per heavy atom. The minimum Gasteiger partial charge on any atom is -0.497 e. The summed E-state index contributed by atoms with van der Waals surface area (Å²) < 4.78 is 10.5. The molecule has 0 saturated carbocycles. The van der Waals surface area contributed by atoms with Crippen LogP contribution in [0.5, 0.6) is 11.5 Å². The molecule has 4 rings (SSSR count). The van der Waals surface area contributed by atoms with Gasteiger partial charge in [0.2, 0.25) is 0 Å². The van der Waals surface area contributed by atoms with E-state index in [0.717, 1.165) is 31.7 Å². The Labute approximate surface area is 179 Å². The molecular weight excluding hydrogens is 400 g/mol. The van der Waals surface area contributed by atoms with Crippen LogP contribution < -0.4 is 20.1 Å². The summed E-state index contributed by atoms with van der Waals surface area (Å²) in [4.78, 5) is 19.3. The Hall–Kier alpha value is -3.10. The number of urea groups is 1. The lowest BCUT2D eigenvalue weighted by atomic mass is 10.00. The Kier molecular flexibility index (Phi) is 6.15. The van der Waals surface area contributed by atoms with E-state index in [-0.39, 0.29) is 6.03 Å². The van der Waals surface area contributed by atoms with Crippen molar-refractivity contribution in [2.75, 3.05) is 31.4 Å². The number of amides is 2. The molecule has 0 aliphatic carbocycles. The molecular formula is C22H24N4O3S. The van der Waals surface area contributed by atoms with Gasteiger partial charge in [-0.3, -0.25) is 10.2 Å². The number of thiazole rings is 1. The van der Waals surface area contributed by atoms with E-state index < -0.39 is 0 Å². The van der Waals surface area contributed by atoms with Crippen LogP contribution in [0.4, 0.5) is 15.6 Å². The van der Waals surface area contributed by atoms with Gasteiger partial charge in [-0.1, -0.05) is 24.3 Å². The van der Waals surface area contributed by atoms with Crippen molar-refractivity contribution in [3.63, 3.8) is 0 Å². The van der Waals surface area contributed by atoms with Crippen molar-refractivity contribution in [2.24, 2.45) is 0 Å². The van der Waals surface area contributed by atoms with Crippen LogP contribution in [-0.4, -0.2) is 36.7 Å². The lowest BCUT2D eigenvalue weighted by molar-refractivity contribution is 0.243. The number of hydrogen-bond acceptors (Lipinski definition) is 6. The van der Waals surface area contributed by atoms with E-state index >= 15 is 0 Å². The number of nitrogens with zero attached hydrogens (tertiary/aromatic N) is 2. The highest BCUT2D eigenvalue weighted by Crippen LogP contribution is 2.26. The third kappa shape index (κ3) is 4.90. The summed E-state index contributed by atoms with van der Waals surface area (Å²) in [5.41, 5.74) is 4.34. The molecule has 156 valence electrons. The van der Waals surface area contributed by atoms with E-state index in [1.807, 2.05) is 5.38 Å². The number of aromatic nitrogens is 1. The Balaban J connectivity index is 1.34. The molecule has 1 aliphatic heterocycles. The summed E-state index contributed by atoms with van der Waals surface area (Å²) >= 11 is 1.42. The summed E-state index contributed by atoms with van der Waals surface area (Å²) in [6, 6.07) is 13.4. The number of ether oxygens (including phenoxy) is 2. The van der Waals surface area contributed by atoms with E-state index in [2.05, 4.69) is 44.8 Å². The summed E-state index contributed by atoms with van der Waals surface area (Å²) in [6.45, 7) is 2.70. The molecule has 0 radical (unpaired) electrons. The van der Waals surface area contributed by atoms with Gasteiger partial charge in [-0.2, -0.15) is 0 Å². The fraction of sp³-hybridized carbons (Fsp3) is 0.273. The molecule has 3 aromatic rings. The third-order valence-corrected chi connectivity index (χ3v) is 5.78. The van der Waals surface area contributed by atoms with Gasteiger partial charge in [-0.15, -0.1) is 11.3 Å². The molecule has 7 nitrogen and oxygen atoms in total. The van der Waals surface area contributed by atoms with Crippen molar-refractivity contribution in [3.05, 3.63) is 64.7 Å². The van der Waals surface area contributed by atoms with Crippen molar-refractivity contribution in [1.29, 1.82) is 0 Å². The number of anilines is 2. The van der Waals surface area contributed by atoms with E-state index in [0.29, 0.717) is 22.3 Å². The summed E-state index contributed by atoms with van der Waals surface area (Å²) in [7, 11) is 3.13. The number of nitrogens with one attached hydrogen (secondary N) is 2. The van der Waals surface area contributed by atoms with E-state index in [4.69, 9.17) is 9.47 Å². The van der Waals surface area contributed by atoms with Crippen molar-refractivity contribution in [3.8, 4) is 11.5 Å². The highest BCUT2D eigenvalue weighted by atomic mass is 32.1. The maximum absolute atomic E-state index is 12.4. The maximum atomic E-state index is 12.4. The first kappa shape index (κ1) is 20.2. The molecule has 30 heavy (non-hydrogen) atoms. The van der Waals surface area contributed by atoms with E-state index in [9.17, 15) is 4.79 Å². The van der Waals surface area contributed by atoms with Crippen LogP contribution in [0.15, 0.2) is 47.8 Å². The van der Waals surface area contributed by atoms with Gasteiger partial charge in [0, 0.05) is 48.9 Å². The second-order valence-corrected chi connectivity index (χ2v) is 7.91. The van der Waals surface area contributed by atoms with Gasteiger partial charge in [0.1, 0.15) is 11.5 Å². The molecule has 0 fully saturated rings. The molecule has 0 bridgehead atoms. The van der Waals surface area contributed by atoms with Gasteiger partial charge >= 0.3 is 6.03 Å². The van der Waals surface area contributed by atoms with Gasteiger partial charge in [-0.25, -0.2) is 9.78 Å². The zero-order valence-corrected chi connectivity index (χ0v) is 17.8. The molecule has 8 heteroatoms. The van der Waals surface area contributed by atoms with Crippen LogP contribution in [0.1, 0.15) is 16.8 Å². The van der Waals surface area contributed by atoms with Gasteiger partial charge in [0.15, 0.2) is 5.13 Å². The molecule has 2 aromatic carbocycles. The number of benzene rings is 2. The zero-order chi connectivity index (χ0) is 20.9. The van der Waals surface area contributed by atoms with Gasteiger partial charge in [-0.05, 0) is 17.5 Å². The first-order chi connectivity index (χ1) is 14.6. The molecule has 2 heterocycles. The number of fused-ring (bicyclic) bond motifs is 1. The SMILES string of the molecule is COc1cc(NC(=O)Nc2nc(CN3CCc4ccccc4C3)cs2)cc(OC)c1. The number of carbonyl (C=O) groups excluding carboxylic acids is 1. The van der Waals surface area contributed by atoms with Crippen LogP contribution in [0.3, 0.4) is 0 Å². The highest BCUT2D eigenvalue weighted by Gasteiger charge is 2.17. The van der Waals surface area contributed by atoms with Crippen LogP contribution in [-0.2, 0) is 19.5 Å². The van der Waals surface area contributed by atoms with Crippen molar-refractivity contribution >= 4 is 28.2 Å². The molecule has 0 spiro atoms. The molecule has 2 amide bonds. The van der Waals surface area contributed by atoms with Crippen molar-refractivity contribution in [1.82, 2.24) is 9.88 Å².